The summed E-state index contributed by atoms with van der Waals surface area (Å²) >= 11 is 0. The van der Waals surface area contributed by atoms with E-state index >= 15 is 0 Å². The van der Waals surface area contributed by atoms with Crippen molar-refractivity contribution in [3.8, 4) is 0 Å². The molecule has 20 heavy (non-hydrogen) atoms. The smallest absolute Gasteiger partial charge is 0.277 e. The third-order valence-corrected chi connectivity index (χ3v) is 3.82. The van der Waals surface area contributed by atoms with Crippen LogP contribution in [0, 0.1) is 0 Å². The van der Waals surface area contributed by atoms with Gasteiger partial charge in [-0.3, -0.25) is 15.4 Å². The van der Waals surface area contributed by atoms with Gasteiger partial charge in [-0.15, -0.1) is 0 Å². The summed E-state index contributed by atoms with van der Waals surface area (Å²) in [5, 5.41) is 34.1. The summed E-state index contributed by atoms with van der Waals surface area (Å²) < 4.78 is 5.50. The van der Waals surface area contributed by atoms with Gasteiger partial charge in [0.05, 0.1) is 19.4 Å². The highest BCUT2D eigenvalue weighted by molar-refractivity contribution is 6.02. The van der Waals surface area contributed by atoms with Crippen LogP contribution in [0.4, 0.5) is 0 Å². The van der Waals surface area contributed by atoms with E-state index in [0.29, 0.717) is 0 Å². The van der Waals surface area contributed by atoms with E-state index in [0.717, 1.165) is 0 Å². The zero-order valence-corrected chi connectivity index (χ0v) is 10.6. The first-order valence-corrected chi connectivity index (χ1v) is 6.28. The topological polar surface area (TPSA) is 153 Å². The number of hydrogen-bond donors (Lipinski definition) is 6. The Hall–Kier alpha value is -1.30. The van der Waals surface area contributed by atoms with Gasteiger partial charge in [0.1, 0.15) is 12.3 Å². The fourth-order valence-corrected chi connectivity index (χ4v) is 2.71. The van der Waals surface area contributed by atoms with E-state index < -0.39 is 36.2 Å². The molecule has 112 valence electrons. The summed E-state index contributed by atoms with van der Waals surface area (Å²) in [4.78, 5) is 17.4. The molecule has 3 rings (SSSR count). The quantitative estimate of drug-likeness (QED) is 0.299. The van der Waals surface area contributed by atoms with Gasteiger partial charge >= 0.3 is 0 Å². The minimum atomic E-state index is -1.88. The summed E-state index contributed by atoms with van der Waals surface area (Å²) in [6, 6.07) is 0. The molecule has 0 aliphatic carbocycles. The second-order valence-corrected chi connectivity index (χ2v) is 5.07. The largest absolute Gasteiger partial charge is 0.394 e. The lowest BCUT2D eigenvalue weighted by Gasteiger charge is -2.34. The molecule has 3 aliphatic rings. The van der Waals surface area contributed by atoms with Crippen molar-refractivity contribution >= 4 is 11.9 Å². The maximum absolute atomic E-state index is 11.8. The summed E-state index contributed by atoms with van der Waals surface area (Å²) in [6.45, 7) is -0.166. The van der Waals surface area contributed by atoms with Crippen LogP contribution in [0.15, 0.2) is 4.99 Å². The Kier molecular flexibility index (Phi) is 3.16. The SMILES string of the molecule is NC1=NC2N([C@H]3C[C@H](O)[C@@H](CO)O3)CNC2(O)C(=O)N1. The summed E-state index contributed by atoms with van der Waals surface area (Å²) in [5.41, 5.74) is 3.62. The molecule has 0 spiro atoms. The van der Waals surface area contributed by atoms with Crippen LogP contribution < -0.4 is 16.4 Å². The Bertz CT molecular complexity index is 459. The highest BCUT2D eigenvalue weighted by Gasteiger charge is 2.57. The molecular formula is C10H17N5O5. The first-order chi connectivity index (χ1) is 9.45. The molecule has 0 aromatic heterocycles. The third-order valence-electron chi connectivity index (χ3n) is 3.82. The van der Waals surface area contributed by atoms with E-state index in [1.165, 1.54) is 0 Å². The predicted octanol–water partition coefficient (Wildman–Crippen LogP) is -4.22. The number of amides is 1. The second-order valence-electron chi connectivity index (χ2n) is 5.07. The molecule has 0 saturated carbocycles. The lowest BCUT2D eigenvalue weighted by molar-refractivity contribution is -0.148. The number of ether oxygens (including phenoxy) is 1. The van der Waals surface area contributed by atoms with E-state index in [-0.39, 0.29) is 25.7 Å². The van der Waals surface area contributed by atoms with E-state index in [2.05, 4.69) is 15.6 Å². The molecule has 10 heteroatoms. The lowest BCUT2D eigenvalue weighted by Crippen LogP contribution is -2.66. The Morgan fingerprint density at radius 3 is 3.00 bits per heavy atom. The number of nitrogens with one attached hydrogen (secondary N) is 2. The van der Waals surface area contributed by atoms with Crippen molar-refractivity contribution in [1.82, 2.24) is 15.5 Å². The highest BCUT2D eigenvalue weighted by Crippen LogP contribution is 2.31. The maximum atomic E-state index is 11.8. The number of aliphatic hydroxyl groups is 3. The van der Waals surface area contributed by atoms with Crippen LogP contribution in [0.3, 0.4) is 0 Å². The average Bonchev–Trinajstić information content (AvgIpc) is 2.91. The van der Waals surface area contributed by atoms with Crippen LogP contribution in [0.25, 0.3) is 0 Å². The minimum absolute atomic E-state index is 0.0874. The number of nitrogens with zero attached hydrogens (tertiary/aromatic N) is 2. The Morgan fingerprint density at radius 1 is 1.60 bits per heavy atom. The molecule has 2 fully saturated rings. The molecule has 1 amide bonds. The predicted molar refractivity (Wildman–Crippen MR) is 64.7 cm³/mol. The van der Waals surface area contributed by atoms with Crippen LogP contribution in [0.5, 0.6) is 0 Å². The van der Waals surface area contributed by atoms with Crippen molar-refractivity contribution in [2.75, 3.05) is 13.3 Å². The number of fused-ring (bicyclic) bond motifs is 1. The van der Waals surface area contributed by atoms with Crippen molar-refractivity contribution in [1.29, 1.82) is 0 Å². The van der Waals surface area contributed by atoms with Gasteiger partial charge in [-0.05, 0) is 0 Å². The van der Waals surface area contributed by atoms with Gasteiger partial charge in [-0.25, -0.2) is 9.89 Å². The average molecular weight is 287 g/mol. The van der Waals surface area contributed by atoms with Gasteiger partial charge < -0.3 is 25.8 Å². The van der Waals surface area contributed by atoms with E-state index in [1.54, 1.807) is 4.90 Å². The molecule has 10 nitrogen and oxygen atoms in total. The molecule has 2 unspecified atom stereocenters. The summed E-state index contributed by atoms with van der Waals surface area (Å²) in [6.07, 6.45) is -2.76. The fourth-order valence-electron chi connectivity index (χ4n) is 2.71. The molecule has 7 N–H and O–H groups in total. The van der Waals surface area contributed by atoms with Gasteiger partial charge in [0, 0.05) is 6.42 Å². The first-order valence-electron chi connectivity index (χ1n) is 6.28. The normalized spacial score (nSPS) is 45.1. The molecular weight excluding hydrogens is 270 g/mol. The van der Waals surface area contributed by atoms with E-state index in [9.17, 15) is 15.0 Å². The number of guanidine groups is 1. The zero-order valence-electron chi connectivity index (χ0n) is 10.6. The van der Waals surface area contributed by atoms with Crippen LogP contribution in [-0.2, 0) is 9.53 Å². The summed E-state index contributed by atoms with van der Waals surface area (Å²) in [5.74, 6) is -0.773. The van der Waals surface area contributed by atoms with Crippen LogP contribution in [0.1, 0.15) is 6.42 Å². The second kappa shape index (κ2) is 4.62. The summed E-state index contributed by atoms with van der Waals surface area (Å²) in [7, 11) is 0. The van der Waals surface area contributed by atoms with Crippen molar-refractivity contribution in [2.45, 2.75) is 36.7 Å². The van der Waals surface area contributed by atoms with Crippen molar-refractivity contribution in [3.63, 3.8) is 0 Å². The molecule has 0 aromatic carbocycles. The standard InChI is InChI=1S/C10H17N5O5/c11-9-13-7-10(19,8(18)14-9)12-3-15(7)6-1-4(17)5(2-16)20-6/h4-7,12,16-17,19H,1-3H2,(H3,11,13,14,18)/t4-,5+,6+,7?,10?/m0/s1. The Morgan fingerprint density at radius 2 is 2.35 bits per heavy atom. The lowest BCUT2D eigenvalue weighted by atomic mass is 10.1. The first kappa shape index (κ1) is 13.7. The van der Waals surface area contributed by atoms with Gasteiger partial charge in [0.25, 0.3) is 5.91 Å². The third kappa shape index (κ3) is 1.89. The number of carbonyl (C=O) groups excluding carboxylic acids is 1. The van der Waals surface area contributed by atoms with Gasteiger partial charge in [0.15, 0.2) is 12.1 Å². The molecule has 3 heterocycles. The van der Waals surface area contributed by atoms with Crippen LogP contribution in [0.2, 0.25) is 0 Å². The zero-order chi connectivity index (χ0) is 14.5. The molecule has 2 saturated heterocycles. The number of aliphatic hydroxyl groups excluding tert-OH is 2. The van der Waals surface area contributed by atoms with Crippen molar-refractivity contribution in [2.24, 2.45) is 10.7 Å². The van der Waals surface area contributed by atoms with Crippen molar-refractivity contribution < 1.29 is 24.9 Å². The number of nitrogens with two attached hydrogens (primary N) is 1. The van der Waals surface area contributed by atoms with Crippen LogP contribution >= 0.6 is 0 Å². The highest BCUT2D eigenvalue weighted by atomic mass is 16.5. The number of aliphatic imine (C=N–C) groups is 1. The number of carbonyl (C=O) groups is 1. The molecule has 0 aromatic rings. The van der Waals surface area contributed by atoms with E-state index in [1.807, 2.05) is 0 Å². The number of hydrogen-bond acceptors (Lipinski definition) is 9. The Labute approximate surface area is 114 Å². The maximum Gasteiger partial charge on any atom is 0.277 e. The minimum Gasteiger partial charge on any atom is -0.394 e. The molecule has 3 aliphatic heterocycles. The molecule has 5 atom stereocenters. The molecule has 0 radical (unpaired) electrons. The van der Waals surface area contributed by atoms with E-state index in [4.69, 9.17) is 15.6 Å². The van der Waals surface area contributed by atoms with Crippen LogP contribution in [-0.4, -0.2) is 75.7 Å². The fraction of sp³-hybridized carbons (Fsp3) is 0.800. The van der Waals surface area contributed by atoms with Gasteiger partial charge in [-0.2, -0.15) is 0 Å². The van der Waals surface area contributed by atoms with Gasteiger partial charge in [0.2, 0.25) is 5.72 Å². The van der Waals surface area contributed by atoms with Gasteiger partial charge in [-0.1, -0.05) is 0 Å². The monoisotopic (exact) mass is 287 g/mol. The molecule has 0 bridgehead atoms. The number of rotatable bonds is 2. The van der Waals surface area contributed by atoms with Crippen molar-refractivity contribution in [3.05, 3.63) is 0 Å². The Balaban J connectivity index is 1.83.